The Morgan fingerprint density at radius 2 is 1.90 bits per heavy atom. The molecule has 0 fully saturated rings. The second kappa shape index (κ2) is 5.62. The van der Waals surface area contributed by atoms with Crippen molar-refractivity contribution in [2.24, 2.45) is 7.05 Å². The normalized spacial score (nSPS) is 10.8. The molecule has 1 heterocycles. The van der Waals surface area contributed by atoms with Crippen LogP contribution in [0, 0.1) is 0 Å². The number of aromatic nitrogens is 1. The number of carbonyl (C=O) groups is 1. The van der Waals surface area contributed by atoms with Crippen molar-refractivity contribution >= 4 is 28.2 Å². The third kappa shape index (κ3) is 2.78. The van der Waals surface area contributed by atoms with E-state index in [0.29, 0.717) is 16.3 Å². The number of Topliss-reactive ketones (excluding diaryl/α,β-unsaturated/α-hetero) is 1. The summed E-state index contributed by atoms with van der Waals surface area (Å²) < 4.78 is 7.52. The molecule has 0 amide bonds. The van der Waals surface area contributed by atoms with Crippen LogP contribution in [0.15, 0.2) is 54.9 Å². The summed E-state index contributed by atoms with van der Waals surface area (Å²) in [7, 11) is 1.88. The number of ether oxygens (including phenoxy) is 1. The lowest BCUT2D eigenvalue weighted by atomic mass is 10.1. The van der Waals surface area contributed by atoms with Crippen LogP contribution >= 0.6 is 11.6 Å². The van der Waals surface area contributed by atoms with Gasteiger partial charge in [-0.1, -0.05) is 35.9 Å². The summed E-state index contributed by atoms with van der Waals surface area (Å²) in [6, 6.07) is 13.1. The summed E-state index contributed by atoms with van der Waals surface area (Å²) in [4.78, 5) is 12.1. The Morgan fingerprint density at radius 3 is 2.62 bits per heavy atom. The molecule has 106 valence electrons. The van der Waals surface area contributed by atoms with Crippen LogP contribution in [0.4, 0.5) is 0 Å². The van der Waals surface area contributed by atoms with Gasteiger partial charge in [-0.15, -0.1) is 0 Å². The molecular formula is C17H14ClNO2. The van der Waals surface area contributed by atoms with Crippen molar-refractivity contribution in [3.63, 3.8) is 0 Å². The van der Waals surface area contributed by atoms with E-state index in [4.69, 9.17) is 16.3 Å². The lowest BCUT2D eigenvalue weighted by Gasteiger charge is -2.09. The van der Waals surface area contributed by atoms with Crippen LogP contribution in [-0.4, -0.2) is 17.0 Å². The minimum absolute atomic E-state index is 0.00956. The first-order chi connectivity index (χ1) is 10.1. The highest BCUT2D eigenvalue weighted by atomic mass is 35.5. The van der Waals surface area contributed by atoms with E-state index in [1.165, 1.54) is 0 Å². The third-order valence-electron chi connectivity index (χ3n) is 3.34. The molecule has 4 heteroatoms. The summed E-state index contributed by atoms with van der Waals surface area (Å²) in [5.74, 6) is 0.619. The van der Waals surface area contributed by atoms with Crippen molar-refractivity contribution in [3.05, 3.63) is 65.4 Å². The summed E-state index contributed by atoms with van der Waals surface area (Å²) >= 11 is 6.17. The van der Waals surface area contributed by atoms with Crippen molar-refractivity contribution in [3.8, 4) is 5.75 Å². The largest absolute Gasteiger partial charge is 0.485 e. The minimum Gasteiger partial charge on any atom is -0.485 e. The number of nitrogens with zero attached hydrogens (tertiary/aromatic N) is 1. The molecule has 1 aromatic heterocycles. The van der Waals surface area contributed by atoms with E-state index in [1.54, 1.807) is 24.4 Å². The van der Waals surface area contributed by atoms with Crippen LogP contribution in [0.2, 0.25) is 5.02 Å². The fourth-order valence-corrected chi connectivity index (χ4v) is 2.48. The number of carbonyl (C=O) groups excluding carboxylic acids is 1. The Labute approximate surface area is 127 Å². The molecule has 0 spiro atoms. The first kappa shape index (κ1) is 13.7. The van der Waals surface area contributed by atoms with Crippen molar-refractivity contribution in [2.45, 2.75) is 0 Å². The van der Waals surface area contributed by atoms with Gasteiger partial charge in [-0.3, -0.25) is 4.79 Å². The molecule has 0 unspecified atom stereocenters. The Bertz CT molecular complexity index is 807. The number of rotatable bonds is 4. The van der Waals surface area contributed by atoms with E-state index in [0.717, 1.165) is 10.8 Å². The van der Waals surface area contributed by atoms with Crippen LogP contribution in [0.1, 0.15) is 10.4 Å². The van der Waals surface area contributed by atoms with E-state index in [9.17, 15) is 4.79 Å². The molecule has 0 aliphatic rings. The van der Waals surface area contributed by atoms with Crippen LogP contribution in [-0.2, 0) is 7.05 Å². The number of fused-ring (bicyclic) bond motifs is 1. The first-order valence-electron chi connectivity index (χ1n) is 6.60. The van der Waals surface area contributed by atoms with E-state index in [1.807, 2.05) is 42.1 Å². The molecule has 0 saturated heterocycles. The highest BCUT2D eigenvalue weighted by Gasteiger charge is 2.10. The van der Waals surface area contributed by atoms with Gasteiger partial charge in [0.15, 0.2) is 6.61 Å². The molecule has 0 N–H and O–H groups in total. The van der Waals surface area contributed by atoms with Gasteiger partial charge in [0.05, 0.1) is 0 Å². The quantitative estimate of drug-likeness (QED) is 0.679. The summed E-state index contributed by atoms with van der Waals surface area (Å²) in [6.45, 7) is 0.00956. The molecule has 0 radical (unpaired) electrons. The minimum atomic E-state index is -0.0466. The number of ketones is 1. The van der Waals surface area contributed by atoms with E-state index < -0.39 is 0 Å². The van der Waals surface area contributed by atoms with Crippen molar-refractivity contribution in [1.82, 2.24) is 4.57 Å². The van der Waals surface area contributed by atoms with Gasteiger partial charge < -0.3 is 9.30 Å². The monoisotopic (exact) mass is 299 g/mol. The predicted octanol–water partition coefficient (Wildman–Crippen LogP) is 4.09. The molecule has 2 aromatic carbocycles. The van der Waals surface area contributed by atoms with Crippen LogP contribution in [0.3, 0.4) is 0 Å². The fourth-order valence-electron chi connectivity index (χ4n) is 2.26. The highest BCUT2D eigenvalue weighted by Crippen LogP contribution is 2.31. The number of halogens is 1. The summed E-state index contributed by atoms with van der Waals surface area (Å²) in [6.07, 6.45) is 3.62. The van der Waals surface area contributed by atoms with Gasteiger partial charge in [-0.25, -0.2) is 0 Å². The van der Waals surface area contributed by atoms with Gasteiger partial charge in [0.2, 0.25) is 5.78 Å². The Kier molecular flexibility index (Phi) is 3.67. The Morgan fingerprint density at radius 1 is 1.14 bits per heavy atom. The van der Waals surface area contributed by atoms with Crippen LogP contribution in [0.25, 0.3) is 10.8 Å². The number of aryl methyl sites for hydroxylation is 1. The van der Waals surface area contributed by atoms with E-state index in [2.05, 4.69) is 0 Å². The molecule has 21 heavy (non-hydrogen) atoms. The van der Waals surface area contributed by atoms with Crippen molar-refractivity contribution in [2.75, 3.05) is 6.61 Å². The number of hydrogen-bond donors (Lipinski definition) is 0. The second-order valence-electron chi connectivity index (χ2n) is 4.87. The molecule has 0 atom stereocenters. The summed E-state index contributed by atoms with van der Waals surface area (Å²) in [5.41, 5.74) is 0.649. The fraction of sp³-hybridized carbons (Fsp3) is 0.118. The van der Waals surface area contributed by atoms with Gasteiger partial charge in [0.1, 0.15) is 5.75 Å². The van der Waals surface area contributed by atoms with Gasteiger partial charge in [-0.05, 0) is 18.2 Å². The molecule has 0 aliphatic carbocycles. The molecule has 0 aliphatic heterocycles. The summed E-state index contributed by atoms with van der Waals surface area (Å²) in [5, 5.41) is 2.50. The Hall–Kier alpha value is -2.26. The molecule has 3 rings (SSSR count). The van der Waals surface area contributed by atoms with Crippen molar-refractivity contribution in [1.29, 1.82) is 0 Å². The second-order valence-corrected chi connectivity index (χ2v) is 5.28. The lowest BCUT2D eigenvalue weighted by molar-refractivity contribution is 0.0922. The van der Waals surface area contributed by atoms with Gasteiger partial charge >= 0.3 is 0 Å². The topological polar surface area (TPSA) is 31.2 Å². The average Bonchev–Trinajstić information content (AvgIpc) is 2.93. The zero-order valence-corrected chi connectivity index (χ0v) is 12.3. The van der Waals surface area contributed by atoms with Gasteiger partial charge in [-0.2, -0.15) is 0 Å². The molecule has 3 aromatic rings. The van der Waals surface area contributed by atoms with Crippen LogP contribution in [0.5, 0.6) is 5.75 Å². The highest BCUT2D eigenvalue weighted by molar-refractivity contribution is 6.35. The molecule has 0 bridgehead atoms. The van der Waals surface area contributed by atoms with Crippen LogP contribution < -0.4 is 4.74 Å². The number of benzene rings is 2. The standard InChI is InChI=1S/C17H14ClNO2/c1-19-9-8-12(10-19)16(20)11-21-17-7-6-15(18)13-4-2-3-5-14(13)17/h2-10H,11H2,1H3. The van der Waals surface area contributed by atoms with Crippen molar-refractivity contribution < 1.29 is 9.53 Å². The maximum atomic E-state index is 12.1. The zero-order valence-electron chi connectivity index (χ0n) is 11.5. The molecule has 0 saturated carbocycles. The Balaban J connectivity index is 1.83. The zero-order chi connectivity index (χ0) is 14.8. The lowest BCUT2D eigenvalue weighted by Crippen LogP contribution is -2.11. The van der Waals surface area contributed by atoms with E-state index >= 15 is 0 Å². The maximum absolute atomic E-state index is 12.1. The maximum Gasteiger partial charge on any atom is 0.201 e. The molecule has 3 nitrogen and oxygen atoms in total. The van der Waals surface area contributed by atoms with Gasteiger partial charge in [0, 0.05) is 40.8 Å². The third-order valence-corrected chi connectivity index (χ3v) is 3.67. The van der Waals surface area contributed by atoms with Gasteiger partial charge in [0.25, 0.3) is 0 Å². The average molecular weight is 300 g/mol. The SMILES string of the molecule is Cn1ccc(C(=O)COc2ccc(Cl)c3ccccc23)c1. The predicted molar refractivity (Wildman–Crippen MR) is 84.2 cm³/mol. The first-order valence-corrected chi connectivity index (χ1v) is 6.98. The molecular weight excluding hydrogens is 286 g/mol. The smallest absolute Gasteiger partial charge is 0.201 e. The number of hydrogen-bond acceptors (Lipinski definition) is 2. The van der Waals surface area contributed by atoms with E-state index in [-0.39, 0.29) is 12.4 Å².